The number of carboxylic acid groups (broad SMARTS) is 1. The molecule has 1 rings (SSSR count). The van der Waals surface area contributed by atoms with E-state index in [4.69, 9.17) is 10.8 Å². The molecule has 15 heavy (non-hydrogen) atoms. The molecule has 3 unspecified atom stereocenters. The van der Waals surface area contributed by atoms with Gasteiger partial charge in [-0.25, -0.2) is 0 Å². The van der Waals surface area contributed by atoms with E-state index < -0.39 is 23.7 Å². The molecule has 0 saturated carbocycles. The molecular formula is C10H20N2O3. The van der Waals surface area contributed by atoms with Crippen molar-refractivity contribution in [2.45, 2.75) is 56.8 Å². The van der Waals surface area contributed by atoms with Crippen LogP contribution in [0.2, 0.25) is 0 Å². The molecule has 0 spiro atoms. The number of nitrogens with one attached hydrogen (secondary N) is 1. The predicted molar refractivity (Wildman–Crippen MR) is 56.5 cm³/mol. The van der Waals surface area contributed by atoms with Crippen molar-refractivity contribution in [1.29, 1.82) is 0 Å². The molecule has 0 aromatic heterocycles. The maximum Gasteiger partial charge on any atom is 0.320 e. The van der Waals surface area contributed by atoms with Crippen molar-refractivity contribution in [3.8, 4) is 0 Å². The molecule has 1 saturated heterocycles. The van der Waals surface area contributed by atoms with Gasteiger partial charge in [-0.3, -0.25) is 10.1 Å². The van der Waals surface area contributed by atoms with Crippen molar-refractivity contribution < 1.29 is 15.0 Å². The number of hydrogen-bond acceptors (Lipinski definition) is 4. The van der Waals surface area contributed by atoms with Gasteiger partial charge in [-0.1, -0.05) is 0 Å². The van der Waals surface area contributed by atoms with E-state index in [1.807, 2.05) is 0 Å². The first-order valence-electron chi connectivity index (χ1n) is 5.29. The van der Waals surface area contributed by atoms with Gasteiger partial charge in [0.15, 0.2) is 0 Å². The monoisotopic (exact) mass is 216 g/mol. The first-order valence-corrected chi connectivity index (χ1v) is 5.29. The topological polar surface area (TPSA) is 95.6 Å². The van der Waals surface area contributed by atoms with E-state index in [1.165, 1.54) is 0 Å². The molecule has 0 amide bonds. The van der Waals surface area contributed by atoms with Crippen LogP contribution in [-0.2, 0) is 4.79 Å². The molecule has 5 nitrogen and oxygen atoms in total. The molecule has 0 aromatic rings. The van der Waals surface area contributed by atoms with Gasteiger partial charge in [0.2, 0.25) is 0 Å². The van der Waals surface area contributed by atoms with Crippen molar-refractivity contribution in [2.75, 3.05) is 0 Å². The average molecular weight is 216 g/mol. The lowest BCUT2D eigenvalue weighted by Crippen LogP contribution is -2.61. The molecule has 1 fully saturated rings. The summed E-state index contributed by atoms with van der Waals surface area (Å²) in [6.45, 7) is 3.29. The van der Waals surface area contributed by atoms with Gasteiger partial charge in [0.05, 0.1) is 5.60 Å². The normalized spacial score (nSPS) is 29.9. The fourth-order valence-corrected chi connectivity index (χ4v) is 1.94. The van der Waals surface area contributed by atoms with E-state index in [-0.39, 0.29) is 6.04 Å². The van der Waals surface area contributed by atoms with Crippen LogP contribution in [0.1, 0.15) is 33.1 Å². The zero-order valence-corrected chi connectivity index (χ0v) is 9.23. The van der Waals surface area contributed by atoms with Gasteiger partial charge in [0, 0.05) is 12.1 Å². The van der Waals surface area contributed by atoms with Crippen molar-refractivity contribution in [3.63, 3.8) is 0 Å². The molecule has 1 heterocycles. The molecular weight excluding hydrogens is 196 g/mol. The van der Waals surface area contributed by atoms with E-state index in [2.05, 4.69) is 5.32 Å². The summed E-state index contributed by atoms with van der Waals surface area (Å²) in [4.78, 5) is 10.8. The van der Waals surface area contributed by atoms with E-state index >= 15 is 0 Å². The Morgan fingerprint density at radius 1 is 1.53 bits per heavy atom. The van der Waals surface area contributed by atoms with Crippen LogP contribution >= 0.6 is 0 Å². The van der Waals surface area contributed by atoms with Gasteiger partial charge >= 0.3 is 5.97 Å². The number of nitrogens with two attached hydrogens (primary N) is 1. The van der Waals surface area contributed by atoms with Crippen molar-refractivity contribution >= 4 is 5.97 Å². The Morgan fingerprint density at radius 2 is 2.13 bits per heavy atom. The lowest BCUT2D eigenvalue weighted by molar-refractivity contribution is -0.140. The van der Waals surface area contributed by atoms with E-state index in [9.17, 15) is 9.90 Å². The summed E-state index contributed by atoms with van der Waals surface area (Å²) < 4.78 is 0. The Morgan fingerprint density at radius 3 is 2.60 bits per heavy atom. The molecule has 3 atom stereocenters. The standard InChI is InChI=1S/C10H20N2O3/c1-10(2,15)8(11)6-4-3-5-7(12-6)9(13)14/h6-8,12,15H,3-5,11H2,1-2H3,(H,13,14). The minimum absolute atomic E-state index is 0.125. The lowest BCUT2D eigenvalue weighted by Gasteiger charge is -2.37. The van der Waals surface area contributed by atoms with Crippen LogP contribution in [-0.4, -0.2) is 39.9 Å². The highest BCUT2D eigenvalue weighted by atomic mass is 16.4. The number of hydrogen-bond donors (Lipinski definition) is 4. The summed E-state index contributed by atoms with van der Waals surface area (Å²) in [5, 5.41) is 21.6. The minimum atomic E-state index is -0.988. The number of piperidine rings is 1. The zero-order valence-electron chi connectivity index (χ0n) is 9.23. The molecule has 5 N–H and O–H groups in total. The van der Waals surface area contributed by atoms with E-state index in [0.717, 1.165) is 12.8 Å². The number of aliphatic carboxylic acids is 1. The summed E-state index contributed by atoms with van der Waals surface area (Å²) >= 11 is 0. The number of carboxylic acids is 1. The highest BCUT2D eigenvalue weighted by molar-refractivity contribution is 5.73. The maximum atomic E-state index is 10.8. The van der Waals surface area contributed by atoms with Crippen LogP contribution < -0.4 is 11.1 Å². The lowest BCUT2D eigenvalue weighted by atomic mass is 9.86. The molecule has 5 heteroatoms. The molecule has 0 aliphatic carbocycles. The van der Waals surface area contributed by atoms with Crippen molar-refractivity contribution in [2.24, 2.45) is 5.73 Å². The maximum absolute atomic E-state index is 10.8. The van der Waals surface area contributed by atoms with Crippen LogP contribution in [0.4, 0.5) is 0 Å². The summed E-state index contributed by atoms with van der Waals surface area (Å²) in [6.07, 6.45) is 2.28. The fraction of sp³-hybridized carbons (Fsp3) is 0.900. The Bertz CT molecular complexity index is 237. The van der Waals surface area contributed by atoms with E-state index in [1.54, 1.807) is 13.8 Å². The van der Waals surface area contributed by atoms with Gasteiger partial charge in [-0.2, -0.15) is 0 Å². The van der Waals surface area contributed by atoms with Gasteiger partial charge in [-0.05, 0) is 33.1 Å². The minimum Gasteiger partial charge on any atom is -0.480 e. The summed E-state index contributed by atoms with van der Waals surface area (Å²) in [7, 11) is 0. The van der Waals surface area contributed by atoms with Gasteiger partial charge in [-0.15, -0.1) is 0 Å². The SMILES string of the molecule is CC(C)(O)C(N)C1CCCC(C(=O)O)N1. The Balaban J connectivity index is 2.60. The van der Waals surface area contributed by atoms with Gasteiger partial charge in [0.1, 0.15) is 6.04 Å². The highest BCUT2D eigenvalue weighted by Gasteiger charge is 2.35. The van der Waals surface area contributed by atoms with Gasteiger partial charge < -0.3 is 15.9 Å². The zero-order chi connectivity index (χ0) is 11.6. The molecule has 0 radical (unpaired) electrons. The molecule has 88 valence electrons. The first kappa shape index (κ1) is 12.4. The predicted octanol–water partition coefficient (Wildman–Crippen LogP) is -0.320. The Labute approximate surface area is 89.7 Å². The average Bonchev–Trinajstić information content (AvgIpc) is 2.15. The van der Waals surface area contributed by atoms with Crippen molar-refractivity contribution in [3.05, 3.63) is 0 Å². The molecule has 0 bridgehead atoms. The van der Waals surface area contributed by atoms with E-state index in [0.29, 0.717) is 6.42 Å². The number of aliphatic hydroxyl groups is 1. The number of rotatable bonds is 3. The second-order valence-corrected chi connectivity index (χ2v) is 4.77. The second kappa shape index (κ2) is 4.47. The second-order valence-electron chi connectivity index (χ2n) is 4.77. The fourth-order valence-electron chi connectivity index (χ4n) is 1.94. The largest absolute Gasteiger partial charge is 0.480 e. The summed E-state index contributed by atoms with van der Waals surface area (Å²) in [5.41, 5.74) is 4.89. The first-order chi connectivity index (χ1) is 6.82. The smallest absolute Gasteiger partial charge is 0.320 e. The van der Waals surface area contributed by atoms with Gasteiger partial charge in [0.25, 0.3) is 0 Å². The van der Waals surface area contributed by atoms with Crippen LogP contribution in [0.25, 0.3) is 0 Å². The summed E-state index contributed by atoms with van der Waals surface area (Å²) in [6, 6.07) is -1.10. The Kier molecular flexibility index (Phi) is 3.70. The Hall–Kier alpha value is -0.650. The quantitative estimate of drug-likeness (QED) is 0.518. The highest BCUT2D eigenvalue weighted by Crippen LogP contribution is 2.20. The summed E-state index contributed by atoms with van der Waals surface area (Å²) in [5.74, 6) is -0.845. The van der Waals surface area contributed by atoms with Crippen LogP contribution in [0, 0.1) is 0 Å². The van der Waals surface area contributed by atoms with Crippen molar-refractivity contribution in [1.82, 2.24) is 5.32 Å². The van der Waals surface area contributed by atoms with Crippen LogP contribution in [0.5, 0.6) is 0 Å². The molecule has 1 aliphatic heterocycles. The third-order valence-corrected chi connectivity index (χ3v) is 2.97. The van der Waals surface area contributed by atoms with Crippen LogP contribution in [0.15, 0.2) is 0 Å². The number of carbonyl (C=O) groups is 1. The third-order valence-electron chi connectivity index (χ3n) is 2.97. The molecule has 0 aromatic carbocycles. The molecule has 1 aliphatic rings. The van der Waals surface area contributed by atoms with Crippen LogP contribution in [0.3, 0.4) is 0 Å². The third kappa shape index (κ3) is 3.15.